The van der Waals surface area contributed by atoms with E-state index >= 15 is 0 Å². The van der Waals surface area contributed by atoms with Crippen molar-refractivity contribution in [1.29, 1.82) is 15.8 Å². The van der Waals surface area contributed by atoms with Crippen molar-refractivity contribution in [3.8, 4) is 18.2 Å². The Morgan fingerprint density at radius 3 is 2.56 bits per heavy atom. The Labute approximate surface area is 164 Å². The standard InChI is InChI=1S/C21H20ClN5/c1-2-8-27-9-7-14-16(10-23)20(26)21(12-24,13-25)19(17(14)11-27)15-5-3-4-6-18(15)22/h3-7,17,19H,2,8-9,11,26H2,1H3/t17-,19-/m0/s1. The van der Waals surface area contributed by atoms with Gasteiger partial charge in [0.25, 0.3) is 0 Å². The third-order valence-corrected chi connectivity index (χ3v) is 5.86. The van der Waals surface area contributed by atoms with Gasteiger partial charge in [0, 0.05) is 29.9 Å². The molecule has 1 aromatic rings. The molecule has 27 heavy (non-hydrogen) atoms. The lowest BCUT2D eigenvalue weighted by Gasteiger charge is -2.45. The molecule has 0 aromatic heterocycles. The molecule has 0 saturated heterocycles. The molecule has 1 heterocycles. The predicted molar refractivity (Wildman–Crippen MR) is 103 cm³/mol. The van der Waals surface area contributed by atoms with E-state index in [9.17, 15) is 15.8 Å². The van der Waals surface area contributed by atoms with Crippen LogP contribution < -0.4 is 5.73 Å². The molecule has 0 spiro atoms. The van der Waals surface area contributed by atoms with Crippen LogP contribution >= 0.6 is 11.6 Å². The Kier molecular flexibility index (Phi) is 5.24. The van der Waals surface area contributed by atoms with Crippen LogP contribution in [0.15, 0.2) is 47.2 Å². The summed E-state index contributed by atoms with van der Waals surface area (Å²) in [4.78, 5) is 2.27. The minimum atomic E-state index is -1.63. The van der Waals surface area contributed by atoms with Crippen LogP contribution in [0.3, 0.4) is 0 Å². The summed E-state index contributed by atoms with van der Waals surface area (Å²) < 4.78 is 0. The number of nitrogens with two attached hydrogens (primary N) is 1. The molecule has 0 radical (unpaired) electrons. The minimum absolute atomic E-state index is 0.0337. The van der Waals surface area contributed by atoms with E-state index in [0.29, 0.717) is 11.6 Å². The van der Waals surface area contributed by atoms with Crippen molar-refractivity contribution in [2.24, 2.45) is 17.1 Å². The number of fused-ring (bicyclic) bond motifs is 1. The van der Waals surface area contributed by atoms with Gasteiger partial charge >= 0.3 is 0 Å². The summed E-state index contributed by atoms with van der Waals surface area (Å²) in [5.74, 6) is -0.740. The maximum atomic E-state index is 10.0. The van der Waals surface area contributed by atoms with Crippen molar-refractivity contribution in [2.45, 2.75) is 19.3 Å². The fourth-order valence-corrected chi connectivity index (χ4v) is 4.56. The molecular formula is C21H20ClN5. The maximum Gasteiger partial charge on any atom is 0.191 e. The van der Waals surface area contributed by atoms with Crippen LogP contribution in [0, 0.1) is 45.3 Å². The van der Waals surface area contributed by atoms with Crippen LogP contribution in [0.4, 0.5) is 0 Å². The van der Waals surface area contributed by atoms with Crippen molar-refractivity contribution < 1.29 is 0 Å². The van der Waals surface area contributed by atoms with Gasteiger partial charge in [-0.2, -0.15) is 15.8 Å². The second-order valence-electron chi connectivity index (χ2n) is 6.96. The molecule has 0 amide bonds. The zero-order chi connectivity index (χ0) is 19.6. The van der Waals surface area contributed by atoms with E-state index in [1.807, 2.05) is 24.3 Å². The number of rotatable bonds is 3. The molecule has 0 bridgehead atoms. The number of hydrogen-bond donors (Lipinski definition) is 1. The van der Waals surface area contributed by atoms with Crippen LogP contribution in [-0.2, 0) is 0 Å². The Balaban J connectivity index is 2.30. The predicted octanol–water partition coefficient (Wildman–Crippen LogP) is 3.48. The molecule has 1 aromatic carbocycles. The number of benzene rings is 1. The van der Waals surface area contributed by atoms with Gasteiger partial charge < -0.3 is 5.73 Å². The zero-order valence-corrected chi connectivity index (χ0v) is 15.9. The molecule has 3 rings (SSSR count). The fraction of sp³-hybridized carbons (Fsp3) is 0.381. The van der Waals surface area contributed by atoms with Crippen LogP contribution in [-0.4, -0.2) is 24.5 Å². The van der Waals surface area contributed by atoms with Gasteiger partial charge in [-0.15, -0.1) is 0 Å². The van der Waals surface area contributed by atoms with Crippen molar-refractivity contribution in [3.63, 3.8) is 0 Å². The molecule has 2 aliphatic rings. The second-order valence-corrected chi connectivity index (χ2v) is 7.36. The third-order valence-electron chi connectivity index (χ3n) is 5.52. The molecule has 5 nitrogen and oxygen atoms in total. The van der Waals surface area contributed by atoms with E-state index in [1.54, 1.807) is 6.07 Å². The number of allylic oxidation sites excluding steroid dienone is 2. The summed E-state index contributed by atoms with van der Waals surface area (Å²) in [5.41, 5.74) is 6.50. The smallest absolute Gasteiger partial charge is 0.191 e. The topological polar surface area (TPSA) is 101 Å². The number of nitriles is 3. The highest BCUT2D eigenvalue weighted by Gasteiger charge is 2.54. The van der Waals surface area contributed by atoms with Crippen LogP contribution in [0.25, 0.3) is 0 Å². The lowest BCUT2D eigenvalue weighted by atomic mass is 9.58. The Morgan fingerprint density at radius 1 is 1.26 bits per heavy atom. The average molecular weight is 378 g/mol. The van der Waals surface area contributed by atoms with Gasteiger partial charge in [0.2, 0.25) is 0 Å². The number of halogens is 1. The first kappa shape index (κ1) is 19.0. The van der Waals surface area contributed by atoms with Crippen LogP contribution in [0.1, 0.15) is 24.8 Å². The summed E-state index contributed by atoms with van der Waals surface area (Å²) in [6.45, 7) is 4.39. The molecule has 2 N–H and O–H groups in total. The van der Waals surface area contributed by atoms with Gasteiger partial charge in [0.15, 0.2) is 5.41 Å². The van der Waals surface area contributed by atoms with E-state index in [-0.39, 0.29) is 17.2 Å². The molecule has 136 valence electrons. The van der Waals surface area contributed by atoms with Crippen molar-refractivity contribution >= 4 is 11.6 Å². The maximum absolute atomic E-state index is 10.0. The normalized spacial score (nSPS) is 24.2. The largest absolute Gasteiger partial charge is 0.399 e. The molecule has 0 unspecified atom stereocenters. The first-order chi connectivity index (χ1) is 13.0. The van der Waals surface area contributed by atoms with Gasteiger partial charge in [-0.1, -0.05) is 42.8 Å². The lowest BCUT2D eigenvalue weighted by molar-refractivity contribution is 0.207. The van der Waals surface area contributed by atoms with Crippen molar-refractivity contribution in [1.82, 2.24) is 4.90 Å². The summed E-state index contributed by atoms with van der Waals surface area (Å²) in [5, 5.41) is 30.3. The van der Waals surface area contributed by atoms with E-state index in [4.69, 9.17) is 17.3 Å². The van der Waals surface area contributed by atoms with E-state index in [0.717, 1.165) is 30.6 Å². The highest BCUT2D eigenvalue weighted by Crippen LogP contribution is 2.55. The monoisotopic (exact) mass is 377 g/mol. The molecule has 6 heteroatoms. The average Bonchev–Trinajstić information content (AvgIpc) is 2.68. The summed E-state index contributed by atoms with van der Waals surface area (Å²) in [7, 11) is 0. The Morgan fingerprint density at radius 2 is 1.96 bits per heavy atom. The molecule has 1 aliphatic carbocycles. The van der Waals surface area contributed by atoms with Gasteiger partial charge in [-0.25, -0.2) is 0 Å². The van der Waals surface area contributed by atoms with Crippen LogP contribution in [0.5, 0.6) is 0 Å². The lowest BCUT2D eigenvalue weighted by Crippen LogP contribution is -2.48. The quantitative estimate of drug-likeness (QED) is 0.868. The van der Waals surface area contributed by atoms with E-state index < -0.39 is 11.3 Å². The molecular weight excluding hydrogens is 358 g/mol. The summed E-state index contributed by atoms with van der Waals surface area (Å²) in [6.07, 6.45) is 3.01. The highest BCUT2D eigenvalue weighted by atomic mass is 35.5. The Bertz CT molecular complexity index is 927. The van der Waals surface area contributed by atoms with Crippen molar-refractivity contribution in [2.75, 3.05) is 19.6 Å². The first-order valence-corrected chi connectivity index (χ1v) is 9.31. The summed E-state index contributed by atoms with van der Waals surface area (Å²) in [6, 6.07) is 13.7. The minimum Gasteiger partial charge on any atom is -0.399 e. The van der Waals surface area contributed by atoms with Crippen LogP contribution in [0.2, 0.25) is 5.02 Å². The van der Waals surface area contributed by atoms with E-state index in [1.165, 1.54) is 0 Å². The summed E-state index contributed by atoms with van der Waals surface area (Å²) >= 11 is 6.47. The van der Waals surface area contributed by atoms with Gasteiger partial charge in [0.05, 0.1) is 23.4 Å². The van der Waals surface area contributed by atoms with Crippen molar-refractivity contribution in [3.05, 3.63) is 57.8 Å². The number of nitrogens with zero attached hydrogens (tertiary/aromatic N) is 4. The third kappa shape index (κ3) is 2.88. The second kappa shape index (κ2) is 7.45. The molecule has 2 atom stereocenters. The molecule has 0 fully saturated rings. The van der Waals surface area contributed by atoms with Gasteiger partial charge in [-0.3, -0.25) is 4.90 Å². The first-order valence-electron chi connectivity index (χ1n) is 8.94. The molecule has 1 aliphatic heterocycles. The van der Waals surface area contributed by atoms with Gasteiger partial charge in [-0.05, 0) is 30.2 Å². The van der Waals surface area contributed by atoms with E-state index in [2.05, 4.69) is 30.0 Å². The zero-order valence-electron chi connectivity index (χ0n) is 15.1. The molecule has 0 saturated carbocycles. The highest BCUT2D eigenvalue weighted by molar-refractivity contribution is 6.31. The fourth-order valence-electron chi connectivity index (χ4n) is 4.31. The van der Waals surface area contributed by atoms with Gasteiger partial charge in [0.1, 0.15) is 6.07 Å². The SMILES string of the molecule is CCCN1CC=C2C(C#N)=C(N)C(C#N)(C#N)[C@@H](c3ccccc3Cl)[C@H]2C1. The number of hydrogen-bond acceptors (Lipinski definition) is 5. The Hall–Kier alpha value is -2.78.